The van der Waals surface area contributed by atoms with Crippen LogP contribution in [0.25, 0.3) is 22.0 Å². The van der Waals surface area contributed by atoms with Gasteiger partial charge in [-0.3, -0.25) is 14.2 Å². The molecule has 0 unspecified atom stereocenters. The Morgan fingerprint density at radius 2 is 2.03 bits per heavy atom. The largest absolute Gasteiger partial charge is 0.462 e. The zero-order valence-corrected chi connectivity index (χ0v) is 16.5. The molecule has 4 aromatic rings. The highest BCUT2D eigenvalue weighted by Crippen LogP contribution is 2.28. The minimum absolute atomic E-state index is 0.0935. The van der Waals surface area contributed by atoms with Gasteiger partial charge in [-0.1, -0.05) is 30.3 Å². The molecule has 1 aromatic carbocycles. The predicted octanol–water partition coefficient (Wildman–Crippen LogP) is 3.25. The van der Waals surface area contributed by atoms with Gasteiger partial charge in [-0.15, -0.1) is 11.3 Å². The third-order valence-electron chi connectivity index (χ3n) is 4.33. The van der Waals surface area contributed by atoms with Gasteiger partial charge in [0.25, 0.3) is 5.56 Å². The third-order valence-corrected chi connectivity index (χ3v) is 5.51. The van der Waals surface area contributed by atoms with E-state index < -0.39 is 0 Å². The summed E-state index contributed by atoms with van der Waals surface area (Å²) >= 11 is 1.47. The summed E-state index contributed by atoms with van der Waals surface area (Å²) in [6.07, 6.45) is 3.00. The zero-order chi connectivity index (χ0) is 20.2. The molecule has 0 saturated carbocycles. The van der Waals surface area contributed by atoms with E-state index in [2.05, 4.69) is 15.3 Å². The first-order valence-electron chi connectivity index (χ1n) is 8.99. The number of carbonyl (C=O) groups excluding carboxylic acids is 1. The predicted molar refractivity (Wildman–Crippen MR) is 110 cm³/mol. The second-order valence-electron chi connectivity index (χ2n) is 6.39. The van der Waals surface area contributed by atoms with Crippen molar-refractivity contribution >= 4 is 17.2 Å². The van der Waals surface area contributed by atoms with Crippen LogP contribution in [0.1, 0.15) is 10.6 Å². The second kappa shape index (κ2) is 8.24. The maximum absolute atomic E-state index is 12.3. The number of amides is 1. The lowest BCUT2D eigenvalue weighted by molar-refractivity contribution is -0.121. The lowest BCUT2D eigenvalue weighted by atomic mass is 10.1. The van der Waals surface area contributed by atoms with Gasteiger partial charge >= 0.3 is 0 Å². The average molecular weight is 406 g/mol. The summed E-state index contributed by atoms with van der Waals surface area (Å²) in [5.41, 5.74) is 2.00. The molecule has 3 heterocycles. The minimum atomic E-state index is -0.275. The number of nitrogens with zero attached hydrogens (tertiary/aromatic N) is 3. The molecule has 0 fully saturated rings. The van der Waals surface area contributed by atoms with Gasteiger partial charge in [0.1, 0.15) is 6.54 Å². The van der Waals surface area contributed by atoms with Gasteiger partial charge in [-0.2, -0.15) is 0 Å². The van der Waals surface area contributed by atoms with Crippen molar-refractivity contribution in [1.29, 1.82) is 0 Å². The van der Waals surface area contributed by atoms with E-state index in [-0.39, 0.29) is 18.0 Å². The molecule has 1 N–H and O–H groups in total. The standard InChI is InChI=1S/C21H18N4O3S/c1-14-18(29-21(24-14)17-8-5-9-28-17)11-22-19(26)12-25-13-23-16(10-20(25)27)15-6-3-2-4-7-15/h2-10,13H,11-12H2,1H3,(H,22,26). The maximum Gasteiger partial charge on any atom is 0.254 e. The number of thiazole rings is 1. The second-order valence-corrected chi connectivity index (χ2v) is 7.47. The molecule has 0 radical (unpaired) electrons. The molecule has 1 amide bonds. The Morgan fingerprint density at radius 1 is 1.21 bits per heavy atom. The molecular formula is C21H18N4O3S. The van der Waals surface area contributed by atoms with E-state index in [0.29, 0.717) is 18.0 Å². The fourth-order valence-electron chi connectivity index (χ4n) is 2.80. The molecule has 0 atom stereocenters. The van der Waals surface area contributed by atoms with Crippen molar-refractivity contribution < 1.29 is 9.21 Å². The van der Waals surface area contributed by atoms with Crippen LogP contribution in [0.15, 0.2) is 70.3 Å². The van der Waals surface area contributed by atoms with Crippen LogP contribution < -0.4 is 10.9 Å². The number of hydrogen-bond acceptors (Lipinski definition) is 6. The smallest absolute Gasteiger partial charge is 0.254 e. The van der Waals surface area contributed by atoms with Crippen molar-refractivity contribution in [3.63, 3.8) is 0 Å². The van der Waals surface area contributed by atoms with Crippen molar-refractivity contribution in [1.82, 2.24) is 19.9 Å². The Kier molecular flexibility index (Phi) is 5.35. The first kappa shape index (κ1) is 18.8. The van der Waals surface area contributed by atoms with Crippen LogP contribution in [0.2, 0.25) is 0 Å². The van der Waals surface area contributed by atoms with Crippen LogP contribution in [0, 0.1) is 6.92 Å². The van der Waals surface area contributed by atoms with Crippen molar-refractivity contribution in [3.05, 3.63) is 82.0 Å². The van der Waals surface area contributed by atoms with Crippen LogP contribution in [-0.2, 0) is 17.9 Å². The van der Waals surface area contributed by atoms with Crippen LogP contribution in [-0.4, -0.2) is 20.4 Å². The number of benzene rings is 1. The highest BCUT2D eigenvalue weighted by atomic mass is 32.1. The summed E-state index contributed by atoms with van der Waals surface area (Å²) in [6.45, 7) is 2.14. The van der Waals surface area contributed by atoms with Crippen molar-refractivity contribution in [2.75, 3.05) is 0 Å². The van der Waals surface area contributed by atoms with E-state index in [1.807, 2.05) is 49.4 Å². The zero-order valence-electron chi connectivity index (χ0n) is 15.7. The molecule has 3 aromatic heterocycles. The van der Waals surface area contributed by atoms with Crippen LogP contribution in [0.3, 0.4) is 0 Å². The number of aromatic nitrogens is 3. The monoisotopic (exact) mass is 406 g/mol. The molecule has 0 aliphatic carbocycles. The van der Waals surface area contributed by atoms with Crippen LogP contribution in [0.5, 0.6) is 0 Å². The number of nitrogens with one attached hydrogen (secondary N) is 1. The average Bonchev–Trinajstić information content (AvgIpc) is 3.38. The summed E-state index contributed by atoms with van der Waals surface area (Å²) in [5, 5.41) is 3.61. The highest BCUT2D eigenvalue weighted by Gasteiger charge is 2.13. The van der Waals surface area contributed by atoms with Gasteiger partial charge in [-0.25, -0.2) is 9.97 Å². The topological polar surface area (TPSA) is 90.0 Å². The number of furan rings is 1. The van der Waals surface area contributed by atoms with Crippen LogP contribution >= 0.6 is 11.3 Å². The Bertz CT molecular complexity index is 1180. The minimum Gasteiger partial charge on any atom is -0.462 e. The fourth-order valence-corrected chi connectivity index (χ4v) is 3.77. The quantitative estimate of drug-likeness (QED) is 0.531. The molecule has 0 bridgehead atoms. The summed E-state index contributed by atoms with van der Waals surface area (Å²) in [4.78, 5) is 34.4. The SMILES string of the molecule is Cc1nc(-c2ccco2)sc1CNC(=O)Cn1cnc(-c2ccccc2)cc1=O. The summed E-state index contributed by atoms with van der Waals surface area (Å²) in [6, 6.07) is 14.5. The van der Waals surface area contributed by atoms with E-state index in [1.165, 1.54) is 28.3 Å². The molecule has 4 rings (SSSR count). The Morgan fingerprint density at radius 3 is 2.76 bits per heavy atom. The van der Waals surface area contributed by atoms with Gasteiger partial charge in [0.2, 0.25) is 5.91 Å². The van der Waals surface area contributed by atoms with Gasteiger partial charge in [0.05, 0.1) is 30.5 Å². The summed E-state index contributed by atoms with van der Waals surface area (Å²) in [7, 11) is 0. The highest BCUT2D eigenvalue weighted by molar-refractivity contribution is 7.15. The molecule has 0 saturated heterocycles. The van der Waals surface area contributed by atoms with Crippen molar-refractivity contribution in [2.24, 2.45) is 0 Å². The van der Waals surface area contributed by atoms with Gasteiger partial charge in [0.15, 0.2) is 10.8 Å². The van der Waals surface area contributed by atoms with E-state index in [4.69, 9.17) is 4.42 Å². The number of hydrogen-bond donors (Lipinski definition) is 1. The number of rotatable bonds is 6. The van der Waals surface area contributed by atoms with Crippen molar-refractivity contribution in [2.45, 2.75) is 20.0 Å². The molecule has 146 valence electrons. The van der Waals surface area contributed by atoms with Gasteiger partial charge in [0, 0.05) is 16.5 Å². The van der Waals surface area contributed by atoms with E-state index >= 15 is 0 Å². The normalized spacial score (nSPS) is 10.8. The Balaban J connectivity index is 1.40. The van der Waals surface area contributed by atoms with Crippen molar-refractivity contribution in [3.8, 4) is 22.0 Å². The maximum atomic E-state index is 12.3. The van der Waals surface area contributed by atoms with E-state index in [1.54, 1.807) is 6.26 Å². The molecule has 7 nitrogen and oxygen atoms in total. The van der Waals surface area contributed by atoms with Crippen LogP contribution in [0.4, 0.5) is 0 Å². The number of carbonyl (C=O) groups is 1. The van der Waals surface area contributed by atoms with E-state index in [9.17, 15) is 9.59 Å². The van der Waals surface area contributed by atoms with Gasteiger partial charge < -0.3 is 9.73 Å². The summed E-state index contributed by atoms with van der Waals surface area (Å²) < 4.78 is 6.65. The van der Waals surface area contributed by atoms with Gasteiger partial charge in [-0.05, 0) is 19.1 Å². The molecule has 0 aliphatic rings. The molecular weight excluding hydrogens is 388 g/mol. The molecule has 0 spiro atoms. The summed E-state index contributed by atoms with van der Waals surface area (Å²) in [5.74, 6) is 0.431. The first-order chi connectivity index (χ1) is 14.1. The molecule has 0 aliphatic heterocycles. The Hall–Kier alpha value is -3.52. The third kappa shape index (κ3) is 4.33. The lowest BCUT2D eigenvalue weighted by Crippen LogP contribution is -2.31. The molecule has 8 heteroatoms. The number of aryl methyl sites for hydroxylation is 1. The molecule has 29 heavy (non-hydrogen) atoms. The fraction of sp³-hybridized carbons (Fsp3) is 0.143. The first-order valence-corrected chi connectivity index (χ1v) is 9.80. The Labute approximate surface area is 170 Å². The lowest BCUT2D eigenvalue weighted by Gasteiger charge is -2.07. The van der Waals surface area contributed by atoms with E-state index in [0.717, 1.165) is 21.1 Å².